The first-order valence-corrected chi connectivity index (χ1v) is 7.22. The fourth-order valence-corrected chi connectivity index (χ4v) is 2.39. The molecule has 0 atom stereocenters. The normalized spacial score (nSPS) is 11.4. The Morgan fingerprint density at radius 2 is 1.52 bits per heavy atom. The Kier molecular flexibility index (Phi) is 3.89. The molecule has 0 aliphatic rings. The molecule has 0 heterocycles. The SMILES string of the molecule is Cc1cc(C(=O)c2ccc(F)c(S(=O)(=O)O)c2)ccc1F. The zero-order valence-electron chi connectivity index (χ0n) is 10.8. The largest absolute Gasteiger partial charge is 0.297 e. The summed E-state index contributed by atoms with van der Waals surface area (Å²) < 4.78 is 57.4. The number of hydrogen-bond donors (Lipinski definition) is 1. The molecule has 0 aromatic heterocycles. The summed E-state index contributed by atoms with van der Waals surface area (Å²) in [5.74, 6) is -2.25. The molecule has 0 aliphatic heterocycles. The molecule has 110 valence electrons. The van der Waals surface area contributed by atoms with Crippen molar-refractivity contribution in [2.75, 3.05) is 0 Å². The van der Waals surface area contributed by atoms with E-state index in [-0.39, 0.29) is 16.7 Å². The van der Waals surface area contributed by atoms with Crippen LogP contribution >= 0.6 is 0 Å². The Morgan fingerprint density at radius 3 is 2.05 bits per heavy atom. The molecule has 0 saturated carbocycles. The van der Waals surface area contributed by atoms with Gasteiger partial charge in [-0.25, -0.2) is 8.78 Å². The van der Waals surface area contributed by atoms with E-state index in [1.165, 1.54) is 19.1 Å². The van der Waals surface area contributed by atoms with E-state index in [0.29, 0.717) is 0 Å². The molecule has 0 spiro atoms. The lowest BCUT2D eigenvalue weighted by atomic mass is 10.0. The fraction of sp³-hybridized carbons (Fsp3) is 0.0714. The van der Waals surface area contributed by atoms with Crippen LogP contribution in [0, 0.1) is 18.6 Å². The Hall–Kier alpha value is -2.12. The van der Waals surface area contributed by atoms with Crippen molar-refractivity contribution in [2.24, 2.45) is 0 Å². The Bertz CT molecular complexity index is 829. The predicted molar refractivity (Wildman–Crippen MR) is 70.8 cm³/mol. The number of carbonyl (C=O) groups excluding carboxylic acids is 1. The number of ketones is 1. The standard InChI is InChI=1S/C14H10F2O4S/c1-8-6-9(2-4-11(8)15)14(17)10-3-5-12(16)13(7-10)21(18,19)20/h2-7H,1H3,(H,18,19,20). The van der Waals surface area contributed by atoms with Crippen LogP contribution in [0.25, 0.3) is 0 Å². The third-order valence-corrected chi connectivity index (χ3v) is 3.76. The molecule has 4 nitrogen and oxygen atoms in total. The Balaban J connectivity index is 2.51. The molecule has 0 aliphatic carbocycles. The van der Waals surface area contributed by atoms with Gasteiger partial charge >= 0.3 is 0 Å². The average molecular weight is 312 g/mol. The number of aryl methyl sites for hydroxylation is 1. The van der Waals surface area contributed by atoms with E-state index in [1.54, 1.807) is 0 Å². The second kappa shape index (κ2) is 5.34. The number of carbonyl (C=O) groups is 1. The van der Waals surface area contributed by atoms with Gasteiger partial charge in [0.25, 0.3) is 10.1 Å². The lowest BCUT2D eigenvalue weighted by molar-refractivity contribution is 0.103. The Morgan fingerprint density at radius 1 is 1.00 bits per heavy atom. The quantitative estimate of drug-likeness (QED) is 0.699. The minimum Gasteiger partial charge on any atom is -0.289 e. The summed E-state index contributed by atoms with van der Waals surface area (Å²) in [4.78, 5) is 11.2. The van der Waals surface area contributed by atoms with Crippen molar-refractivity contribution in [3.63, 3.8) is 0 Å². The molecular weight excluding hydrogens is 302 g/mol. The zero-order valence-corrected chi connectivity index (χ0v) is 11.6. The third kappa shape index (κ3) is 3.14. The van der Waals surface area contributed by atoms with Gasteiger partial charge in [0.15, 0.2) is 5.78 Å². The summed E-state index contributed by atoms with van der Waals surface area (Å²) in [5, 5.41) is 0. The summed E-state index contributed by atoms with van der Waals surface area (Å²) in [6, 6.07) is 6.24. The first-order valence-electron chi connectivity index (χ1n) is 5.78. The molecule has 0 fully saturated rings. The van der Waals surface area contributed by atoms with Crippen molar-refractivity contribution >= 4 is 15.9 Å². The minimum atomic E-state index is -4.77. The lowest BCUT2D eigenvalue weighted by Gasteiger charge is -2.05. The summed E-state index contributed by atoms with van der Waals surface area (Å²) >= 11 is 0. The van der Waals surface area contributed by atoms with Crippen molar-refractivity contribution in [1.82, 2.24) is 0 Å². The van der Waals surface area contributed by atoms with Gasteiger partial charge in [0.1, 0.15) is 16.5 Å². The van der Waals surface area contributed by atoms with E-state index in [2.05, 4.69) is 0 Å². The molecule has 0 amide bonds. The topological polar surface area (TPSA) is 71.4 Å². The van der Waals surface area contributed by atoms with Crippen molar-refractivity contribution in [3.05, 3.63) is 64.7 Å². The van der Waals surface area contributed by atoms with Gasteiger partial charge < -0.3 is 0 Å². The van der Waals surface area contributed by atoms with Crippen molar-refractivity contribution < 1.29 is 26.5 Å². The van der Waals surface area contributed by atoms with Crippen LogP contribution in [-0.4, -0.2) is 18.8 Å². The summed E-state index contributed by atoms with van der Waals surface area (Å²) in [6.07, 6.45) is 0. The van der Waals surface area contributed by atoms with Gasteiger partial charge in [0.2, 0.25) is 0 Å². The molecule has 0 saturated heterocycles. The van der Waals surface area contributed by atoms with Gasteiger partial charge in [0.05, 0.1) is 0 Å². The minimum absolute atomic E-state index is 0.127. The van der Waals surface area contributed by atoms with Gasteiger partial charge in [-0.1, -0.05) is 0 Å². The summed E-state index contributed by atoms with van der Waals surface area (Å²) in [6.45, 7) is 1.47. The molecule has 21 heavy (non-hydrogen) atoms. The van der Waals surface area contributed by atoms with Crippen LogP contribution in [0.1, 0.15) is 21.5 Å². The van der Waals surface area contributed by atoms with Crippen molar-refractivity contribution in [3.8, 4) is 0 Å². The molecule has 0 unspecified atom stereocenters. The number of benzene rings is 2. The maximum atomic E-state index is 13.3. The fourth-order valence-electron chi connectivity index (χ4n) is 1.79. The third-order valence-electron chi connectivity index (χ3n) is 2.89. The highest BCUT2D eigenvalue weighted by molar-refractivity contribution is 7.85. The zero-order chi connectivity index (χ0) is 15.8. The number of halogens is 2. The maximum absolute atomic E-state index is 13.3. The highest BCUT2D eigenvalue weighted by Crippen LogP contribution is 2.19. The first kappa shape index (κ1) is 15.3. The Labute approximate surface area is 119 Å². The second-order valence-corrected chi connectivity index (χ2v) is 5.80. The van der Waals surface area contributed by atoms with Gasteiger partial charge in [-0.3, -0.25) is 9.35 Å². The van der Waals surface area contributed by atoms with E-state index >= 15 is 0 Å². The van der Waals surface area contributed by atoms with E-state index in [0.717, 1.165) is 24.3 Å². The smallest absolute Gasteiger partial charge is 0.289 e. The van der Waals surface area contributed by atoms with Crippen LogP contribution in [0.15, 0.2) is 41.3 Å². The number of hydrogen-bond acceptors (Lipinski definition) is 3. The van der Waals surface area contributed by atoms with Gasteiger partial charge in [-0.2, -0.15) is 8.42 Å². The molecular formula is C14H10F2O4S. The van der Waals surface area contributed by atoms with E-state index in [1.807, 2.05) is 0 Å². The molecule has 7 heteroatoms. The lowest BCUT2D eigenvalue weighted by Crippen LogP contribution is -2.07. The van der Waals surface area contributed by atoms with Crippen LogP contribution in [0.5, 0.6) is 0 Å². The summed E-state index contributed by atoms with van der Waals surface area (Å²) in [7, 11) is -4.77. The maximum Gasteiger partial charge on any atom is 0.297 e. The van der Waals surface area contributed by atoms with Crippen molar-refractivity contribution in [1.29, 1.82) is 0 Å². The predicted octanol–water partition coefficient (Wildman–Crippen LogP) is 2.75. The van der Waals surface area contributed by atoms with E-state index in [4.69, 9.17) is 4.55 Å². The summed E-state index contributed by atoms with van der Waals surface area (Å²) in [5.41, 5.74) is 0.245. The van der Waals surface area contributed by atoms with Crippen LogP contribution in [0.2, 0.25) is 0 Å². The highest BCUT2D eigenvalue weighted by Gasteiger charge is 2.19. The highest BCUT2D eigenvalue weighted by atomic mass is 32.2. The van der Waals surface area contributed by atoms with Crippen molar-refractivity contribution in [2.45, 2.75) is 11.8 Å². The second-order valence-electron chi connectivity index (χ2n) is 4.41. The first-order chi connectivity index (χ1) is 9.70. The van der Waals surface area contributed by atoms with Crippen LogP contribution < -0.4 is 0 Å². The molecule has 2 aromatic carbocycles. The van der Waals surface area contributed by atoms with Gasteiger partial charge in [-0.05, 0) is 48.9 Å². The monoisotopic (exact) mass is 312 g/mol. The van der Waals surface area contributed by atoms with Crippen LogP contribution in [-0.2, 0) is 10.1 Å². The molecule has 0 radical (unpaired) electrons. The molecule has 0 bridgehead atoms. The number of rotatable bonds is 3. The van der Waals surface area contributed by atoms with Gasteiger partial charge in [-0.15, -0.1) is 0 Å². The van der Waals surface area contributed by atoms with E-state index < -0.39 is 32.4 Å². The van der Waals surface area contributed by atoms with E-state index in [9.17, 15) is 22.0 Å². The van der Waals surface area contributed by atoms with Gasteiger partial charge in [0, 0.05) is 11.1 Å². The molecule has 2 rings (SSSR count). The molecule has 1 N–H and O–H groups in total. The van der Waals surface area contributed by atoms with Crippen LogP contribution in [0.3, 0.4) is 0 Å². The molecule has 2 aromatic rings. The van der Waals surface area contributed by atoms with Crippen LogP contribution in [0.4, 0.5) is 8.78 Å². The average Bonchev–Trinajstić information content (AvgIpc) is 2.40.